The van der Waals surface area contributed by atoms with Gasteiger partial charge in [0.25, 0.3) is 0 Å². The number of hydrogen-bond donors (Lipinski definition) is 1. The Morgan fingerprint density at radius 2 is 2.04 bits per heavy atom. The molecule has 3 rings (SSSR count). The van der Waals surface area contributed by atoms with Gasteiger partial charge < -0.3 is 15.0 Å². The molecule has 9 heteroatoms. The maximum Gasteiger partial charge on any atom is 0.246 e. The fraction of sp³-hybridized carbons (Fsp3) is 0.500. The molecule has 1 aromatic carbocycles. The van der Waals surface area contributed by atoms with Crippen LogP contribution in [0.4, 0.5) is 5.69 Å². The molecule has 2 aliphatic rings. The summed E-state index contributed by atoms with van der Waals surface area (Å²) in [5, 5.41) is 2.72. The first-order valence-corrected chi connectivity index (χ1v) is 9.46. The van der Waals surface area contributed by atoms with Gasteiger partial charge in [0.15, 0.2) is 0 Å². The molecular weight excluding hydrogens is 346 g/mol. The maximum atomic E-state index is 12.7. The number of benzene rings is 1. The lowest BCUT2D eigenvalue weighted by Gasteiger charge is -2.38. The summed E-state index contributed by atoms with van der Waals surface area (Å²) in [5.41, 5.74) is 1.64. The van der Waals surface area contributed by atoms with E-state index in [1.807, 2.05) is 0 Å². The Hall–Kier alpha value is -1.97. The molecule has 1 fully saturated rings. The van der Waals surface area contributed by atoms with Gasteiger partial charge in [0, 0.05) is 39.4 Å². The fourth-order valence-electron chi connectivity index (χ4n) is 3.14. The highest BCUT2D eigenvalue weighted by molar-refractivity contribution is 7.89. The highest BCUT2D eigenvalue weighted by Gasteiger charge is 2.38. The van der Waals surface area contributed by atoms with E-state index in [-0.39, 0.29) is 42.4 Å². The Bertz CT molecular complexity index is 802. The van der Waals surface area contributed by atoms with E-state index in [0.29, 0.717) is 13.0 Å². The summed E-state index contributed by atoms with van der Waals surface area (Å²) in [7, 11) is -2.17. The molecule has 2 heterocycles. The summed E-state index contributed by atoms with van der Waals surface area (Å²) < 4.78 is 31.5. The molecule has 0 spiro atoms. The third-order valence-electron chi connectivity index (χ3n) is 4.45. The van der Waals surface area contributed by atoms with Gasteiger partial charge in [0.2, 0.25) is 21.8 Å². The zero-order valence-electron chi connectivity index (χ0n) is 14.2. The van der Waals surface area contributed by atoms with E-state index in [4.69, 9.17) is 4.74 Å². The van der Waals surface area contributed by atoms with E-state index >= 15 is 0 Å². The number of carbonyl (C=O) groups excluding carboxylic acids is 2. The first kappa shape index (κ1) is 17.8. The van der Waals surface area contributed by atoms with Crippen molar-refractivity contribution in [1.82, 2.24) is 9.62 Å². The Morgan fingerprint density at radius 3 is 2.68 bits per heavy atom. The van der Waals surface area contributed by atoms with Crippen LogP contribution in [0.1, 0.15) is 12.5 Å². The molecule has 25 heavy (non-hydrogen) atoms. The molecule has 0 saturated carbocycles. The predicted molar refractivity (Wildman–Crippen MR) is 90.7 cm³/mol. The van der Waals surface area contributed by atoms with Crippen LogP contribution in [-0.2, 0) is 30.8 Å². The molecular formula is C16H21N3O5S. The summed E-state index contributed by atoms with van der Waals surface area (Å²) >= 11 is 0. The third-order valence-corrected chi connectivity index (χ3v) is 6.28. The number of nitrogens with one attached hydrogen (secondary N) is 1. The van der Waals surface area contributed by atoms with Crippen LogP contribution in [0.2, 0.25) is 0 Å². The van der Waals surface area contributed by atoms with Crippen LogP contribution in [0.3, 0.4) is 0 Å². The number of fused-ring (bicyclic) bond motifs is 1. The lowest BCUT2D eigenvalue weighted by Crippen LogP contribution is -2.61. The van der Waals surface area contributed by atoms with Crippen LogP contribution in [0.15, 0.2) is 23.1 Å². The molecule has 1 N–H and O–H groups in total. The number of nitrogens with zero attached hydrogens (tertiary/aromatic N) is 2. The standard InChI is InChI=1S/C16H21N3O5S/c1-11(20)19-6-5-12-7-14(3-4-15(12)19)25(22,23)18-8-13(9-18)17-16(21)10-24-2/h3-4,7,13H,5-6,8-10H2,1-2H3,(H,17,21). The van der Waals surface area contributed by atoms with E-state index in [1.54, 1.807) is 17.0 Å². The second kappa shape index (κ2) is 6.74. The van der Waals surface area contributed by atoms with Gasteiger partial charge >= 0.3 is 0 Å². The van der Waals surface area contributed by atoms with E-state index in [1.165, 1.54) is 24.4 Å². The molecule has 1 aromatic rings. The zero-order chi connectivity index (χ0) is 18.2. The number of anilines is 1. The Labute approximate surface area is 146 Å². The molecule has 0 aliphatic carbocycles. The molecule has 0 radical (unpaired) electrons. The normalized spacial score (nSPS) is 17.9. The van der Waals surface area contributed by atoms with Crippen molar-refractivity contribution in [2.75, 3.05) is 38.3 Å². The van der Waals surface area contributed by atoms with Gasteiger partial charge in [-0.15, -0.1) is 0 Å². The van der Waals surface area contributed by atoms with Crippen LogP contribution in [0, 0.1) is 0 Å². The molecule has 1 saturated heterocycles. The Morgan fingerprint density at radius 1 is 1.32 bits per heavy atom. The SMILES string of the molecule is COCC(=O)NC1CN(S(=O)(=O)c2ccc3c(c2)CCN3C(C)=O)C1. The van der Waals surface area contributed by atoms with Crippen LogP contribution in [-0.4, -0.2) is 63.9 Å². The van der Waals surface area contributed by atoms with Crippen molar-refractivity contribution >= 4 is 27.5 Å². The lowest BCUT2D eigenvalue weighted by atomic mass is 10.2. The van der Waals surface area contributed by atoms with Gasteiger partial charge in [-0.3, -0.25) is 9.59 Å². The number of amides is 2. The van der Waals surface area contributed by atoms with Gasteiger partial charge in [0.05, 0.1) is 10.9 Å². The zero-order valence-corrected chi connectivity index (χ0v) is 15.0. The topological polar surface area (TPSA) is 96.0 Å². The van der Waals surface area contributed by atoms with Gasteiger partial charge in [-0.1, -0.05) is 0 Å². The molecule has 0 aromatic heterocycles. The van der Waals surface area contributed by atoms with E-state index in [0.717, 1.165) is 11.3 Å². The highest BCUT2D eigenvalue weighted by atomic mass is 32.2. The lowest BCUT2D eigenvalue weighted by molar-refractivity contribution is -0.126. The predicted octanol–water partition coefficient (Wildman–Crippen LogP) is -0.269. The number of ether oxygens (including phenoxy) is 1. The second-order valence-corrected chi connectivity index (χ2v) is 8.17. The van der Waals surface area contributed by atoms with Gasteiger partial charge in [-0.2, -0.15) is 4.31 Å². The van der Waals surface area contributed by atoms with Gasteiger partial charge in [-0.25, -0.2) is 8.42 Å². The van der Waals surface area contributed by atoms with Crippen molar-refractivity contribution in [3.8, 4) is 0 Å². The summed E-state index contributed by atoms with van der Waals surface area (Å²) in [5.74, 6) is -0.307. The molecule has 0 bridgehead atoms. The minimum Gasteiger partial charge on any atom is -0.375 e. The van der Waals surface area contributed by atoms with E-state index in [2.05, 4.69) is 5.32 Å². The van der Waals surface area contributed by atoms with E-state index in [9.17, 15) is 18.0 Å². The molecule has 2 aliphatic heterocycles. The van der Waals surface area contributed by atoms with Crippen molar-refractivity contribution < 1.29 is 22.7 Å². The van der Waals surface area contributed by atoms with Crippen molar-refractivity contribution in [2.24, 2.45) is 0 Å². The quantitative estimate of drug-likeness (QED) is 0.773. The van der Waals surface area contributed by atoms with Gasteiger partial charge in [-0.05, 0) is 30.2 Å². The monoisotopic (exact) mass is 367 g/mol. The largest absolute Gasteiger partial charge is 0.375 e. The number of hydrogen-bond acceptors (Lipinski definition) is 5. The highest BCUT2D eigenvalue weighted by Crippen LogP contribution is 2.32. The average molecular weight is 367 g/mol. The maximum absolute atomic E-state index is 12.7. The van der Waals surface area contributed by atoms with Crippen LogP contribution >= 0.6 is 0 Å². The summed E-state index contributed by atoms with van der Waals surface area (Å²) in [6.45, 7) is 2.52. The molecule has 136 valence electrons. The minimum atomic E-state index is -3.60. The third kappa shape index (κ3) is 3.39. The number of carbonyl (C=O) groups is 2. The summed E-state index contributed by atoms with van der Waals surface area (Å²) in [6.07, 6.45) is 0.647. The Kier molecular flexibility index (Phi) is 4.81. The van der Waals surface area contributed by atoms with Crippen LogP contribution in [0.5, 0.6) is 0 Å². The van der Waals surface area contributed by atoms with Crippen molar-refractivity contribution in [3.05, 3.63) is 23.8 Å². The second-order valence-electron chi connectivity index (χ2n) is 6.23. The van der Waals surface area contributed by atoms with Gasteiger partial charge in [0.1, 0.15) is 6.61 Å². The first-order valence-electron chi connectivity index (χ1n) is 8.02. The number of sulfonamides is 1. The minimum absolute atomic E-state index is 0.0410. The fourth-order valence-corrected chi connectivity index (χ4v) is 4.72. The summed E-state index contributed by atoms with van der Waals surface area (Å²) in [4.78, 5) is 24.9. The van der Waals surface area contributed by atoms with Crippen molar-refractivity contribution in [1.29, 1.82) is 0 Å². The average Bonchev–Trinajstić information content (AvgIpc) is 2.93. The summed E-state index contributed by atoms with van der Waals surface area (Å²) in [6, 6.07) is 4.67. The molecule has 8 nitrogen and oxygen atoms in total. The van der Waals surface area contributed by atoms with Crippen molar-refractivity contribution in [2.45, 2.75) is 24.3 Å². The van der Waals surface area contributed by atoms with E-state index < -0.39 is 10.0 Å². The van der Waals surface area contributed by atoms with Crippen LogP contribution in [0.25, 0.3) is 0 Å². The molecule has 0 unspecified atom stereocenters. The Balaban J connectivity index is 1.69. The first-order chi connectivity index (χ1) is 11.8. The van der Waals surface area contributed by atoms with Crippen molar-refractivity contribution in [3.63, 3.8) is 0 Å². The molecule has 0 atom stereocenters. The number of rotatable bonds is 5. The smallest absolute Gasteiger partial charge is 0.246 e. The van der Waals surface area contributed by atoms with Crippen LogP contribution < -0.4 is 10.2 Å². The number of methoxy groups -OCH3 is 1. The molecule has 2 amide bonds.